The summed E-state index contributed by atoms with van der Waals surface area (Å²) >= 11 is 0. The second kappa shape index (κ2) is 7.70. The minimum absolute atomic E-state index is 0.0304. The minimum atomic E-state index is -0.177. The van der Waals surface area contributed by atoms with E-state index in [1.54, 1.807) is 19.5 Å². The van der Waals surface area contributed by atoms with Crippen LogP contribution in [0.15, 0.2) is 12.4 Å². The van der Waals surface area contributed by atoms with E-state index >= 15 is 0 Å². The molecule has 94 valence electrons. The molecule has 1 N–H and O–H groups in total. The Kier molecular flexibility index (Phi) is 6.13. The van der Waals surface area contributed by atoms with Crippen LogP contribution < -0.4 is 5.32 Å². The highest BCUT2D eigenvalue weighted by molar-refractivity contribution is 5.77. The van der Waals surface area contributed by atoms with Crippen LogP contribution in [-0.4, -0.2) is 42.8 Å². The third-order valence-electron chi connectivity index (χ3n) is 1.97. The van der Waals surface area contributed by atoms with Crippen LogP contribution in [0.2, 0.25) is 0 Å². The summed E-state index contributed by atoms with van der Waals surface area (Å²) in [5, 5.41) is 2.69. The van der Waals surface area contributed by atoms with E-state index in [4.69, 9.17) is 9.47 Å². The summed E-state index contributed by atoms with van der Waals surface area (Å²) in [6.45, 7) is 3.15. The van der Waals surface area contributed by atoms with Gasteiger partial charge in [-0.2, -0.15) is 0 Å². The maximum Gasteiger partial charge on any atom is 0.246 e. The van der Waals surface area contributed by atoms with Gasteiger partial charge in [0.05, 0.1) is 37.3 Å². The van der Waals surface area contributed by atoms with E-state index in [2.05, 4.69) is 15.3 Å². The van der Waals surface area contributed by atoms with E-state index in [1.165, 1.54) is 0 Å². The van der Waals surface area contributed by atoms with Crippen molar-refractivity contribution >= 4 is 5.91 Å². The molecule has 6 nitrogen and oxygen atoms in total. The van der Waals surface area contributed by atoms with Gasteiger partial charge in [-0.25, -0.2) is 0 Å². The first-order valence-corrected chi connectivity index (χ1v) is 5.33. The summed E-state index contributed by atoms with van der Waals surface area (Å²) in [6.07, 6.45) is 3.30. The largest absolute Gasteiger partial charge is 0.382 e. The van der Waals surface area contributed by atoms with Gasteiger partial charge in [0, 0.05) is 13.3 Å². The van der Waals surface area contributed by atoms with Gasteiger partial charge in [0.15, 0.2) is 0 Å². The molecule has 0 saturated heterocycles. The van der Waals surface area contributed by atoms with Crippen molar-refractivity contribution in [3.63, 3.8) is 0 Å². The van der Waals surface area contributed by atoms with Gasteiger partial charge in [-0.1, -0.05) is 0 Å². The molecule has 1 aromatic rings. The SMILES string of the molecule is COCCOCC(=O)NCc1cnc(C)cn1. The lowest BCUT2D eigenvalue weighted by Crippen LogP contribution is -2.28. The number of methoxy groups -OCH3 is 1. The molecule has 0 bridgehead atoms. The Morgan fingerprint density at radius 3 is 2.82 bits per heavy atom. The van der Waals surface area contributed by atoms with Crippen molar-refractivity contribution in [1.29, 1.82) is 0 Å². The molecule has 17 heavy (non-hydrogen) atoms. The fourth-order valence-electron chi connectivity index (χ4n) is 1.06. The third kappa shape index (κ3) is 5.94. The lowest BCUT2D eigenvalue weighted by atomic mass is 10.4. The number of ether oxygens (including phenoxy) is 2. The average Bonchev–Trinajstić information content (AvgIpc) is 2.34. The van der Waals surface area contributed by atoms with Crippen LogP contribution in [0.3, 0.4) is 0 Å². The second-order valence-electron chi connectivity index (χ2n) is 3.47. The van der Waals surface area contributed by atoms with E-state index in [0.29, 0.717) is 19.8 Å². The highest BCUT2D eigenvalue weighted by Crippen LogP contribution is 1.93. The molecule has 0 radical (unpaired) electrons. The zero-order valence-electron chi connectivity index (χ0n) is 10.1. The van der Waals surface area contributed by atoms with Crippen molar-refractivity contribution in [3.05, 3.63) is 23.8 Å². The second-order valence-corrected chi connectivity index (χ2v) is 3.47. The number of amides is 1. The van der Waals surface area contributed by atoms with Gasteiger partial charge in [0.25, 0.3) is 0 Å². The van der Waals surface area contributed by atoms with Crippen LogP contribution in [0.1, 0.15) is 11.4 Å². The number of nitrogens with one attached hydrogen (secondary N) is 1. The Balaban J connectivity index is 2.17. The molecule has 0 atom stereocenters. The summed E-state index contributed by atoms with van der Waals surface area (Å²) in [5.74, 6) is -0.177. The number of hydrogen-bond acceptors (Lipinski definition) is 5. The predicted molar refractivity (Wildman–Crippen MR) is 61.3 cm³/mol. The zero-order valence-corrected chi connectivity index (χ0v) is 10.1. The van der Waals surface area contributed by atoms with Crippen molar-refractivity contribution in [2.45, 2.75) is 13.5 Å². The number of carbonyl (C=O) groups excluding carboxylic acids is 1. The van der Waals surface area contributed by atoms with Crippen molar-refractivity contribution in [1.82, 2.24) is 15.3 Å². The standard InChI is InChI=1S/C11H17N3O3/c1-9-5-13-10(6-12-9)7-14-11(15)8-17-4-3-16-2/h5-6H,3-4,7-8H2,1-2H3,(H,14,15). The molecule has 1 aromatic heterocycles. The molecule has 0 aliphatic rings. The van der Waals surface area contributed by atoms with Crippen molar-refractivity contribution < 1.29 is 14.3 Å². The molecule has 0 aromatic carbocycles. The number of carbonyl (C=O) groups is 1. The first-order chi connectivity index (χ1) is 8.22. The Morgan fingerprint density at radius 2 is 2.18 bits per heavy atom. The zero-order chi connectivity index (χ0) is 12.5. The highest BCUT2D eigenvalue weighted by Gasteiger charge is 2.02. The van der Waals surface area contributed by atoms with Crippen molar-refractivity contribution in [2.75, 3.05) is 26.9 Å². The van der Waals surface area contributed by atoms with Crippen LogP contribution in [0, 0.1) is 6.92 Å². The van der Waals surface area contributed by atoms with Crippen molar-refractivity contribution in [2.24, 2.45) is 0 Å². The molecule has 6 heteroatoms. The minimum Gasteiger partial charge on any atom is -0.382 e. The fraction of sp³-hybridized carbons (Fsp3) is 0.545. The highest BCUT2D eigenvalue weighted by atomic mass is 16.5. The maximum absolute atomic E-state index is 11.3. The Morgan fingerprint density at radius 1 is 1.35 bits per heavy atom. The molecule has 0 saturated carbocycles. The number of aryl methyl sites for hydroxylation is 1. The van der Waals surface area contributed by atoms with Crippen LogP contribution >= 0.6 is 0 Å². The summed E-state index contributed by atoms with van der Waals surface area (Å²) in [4.78, 5) is 19.5. The van der Waals surface area contributed by atoms with E-state index in [1.807, 2.05) is 6.92 Å². The Labute approximate surface area is 100 Å². The number of rotatable bonds is 7. The van der Waals surface area contributed by atoms with E-state index < -0.39 is 0 Å². The average molecular weight is 239 g/mol. The summed E-state index contributed by atoms with van der Waals surface area (Å²) in [5.41, 5.74) is 1.57. The summed E-state index contributed by atoms with van der Waals surface area (Å²) in [7, 11) is 1.58. The molecule has 0 spiro atoms. The maximum atomic E-state index is 11.3. The molecule has 0 aliphatic heterocycles. The number of hydrogen-bond donors (Lipinski definition) is 1. The monoisotopic (exact) mass is 239 g/mol. The number of aromatic nitrogens is 2. The summed E-state index contributed by atoms with van der Waals surface area (Å²) in [6, 6.07) is 0. The van der Waals surface area contributed by atoms with Crippen LogP contribution in [-0.2, 0) is 20.8 Å². The molecule has 1 amide bonds. The lowest BCUT2D eigenvalue weighted by molar-refractivity contribution is -0.126. The van der Waals surface area contributed by atoms with Gasteiger partial charge in [-0.05, 0) is 6.92 Å². The molecule has 1 rings (SSSR count). The topological polar surface area (TPSA) is 73.3 Å². The van der Waals surface area contributed by atoms with Gasteiger partial charge < -0.3 is 14.8 Å². The molecule has 0 aliphatic carbocycles. The normalized spacial score (nSPS) is 10.2. The van der Waals surface area contributed by atoms with Crippen LogP contribution in [0.5, 0.6) is 0 Å². The van der Waals surface area contributed by atoms with E-state index in [0.717, 1.165) is 11.4 Å². The first kappa shape index (κ1) is 13.5. The third-order valence-corrected chi connectivity index (χ3v) is 1.97. The van der Waals surface area contributed by atoms with Gasteiger partial charge in [0.1, 0.15) is 6.61 Å². The van der Waals surface area contributed by atoms with Crippen LogP contribution in [0.25, 0.3) is 0 Å². The molecule has 0 unspecified atom stereocenters. The molecule has 1 heterocycles. The van der Waals surface area contributed by atoms with E-state index in [9.17, 15) is 4.79 Å². The molecular weight excluding hydrogens is 222 g/mol. The van der Waals surface area contributed by atoms with E-state index in [-0.39, 0.29) is 12.5 Å². The van der Waals surface area contributed by atoms with Gasteiger partial charge in [-0.15, -0.1) is 0 Å². The van der Waals surface area contributed by atoms with Gasteiger partial charge in [0.2, 0.25) is 5.91 Å². The molecule has 0 fully saturated rings. The number of nitrogens with zero attached hydrogens (tertiary/aromatic N) is 2. The fourth-order valence-corrected chi connectivity index (χ4v) is 1.06. The Hall–Kier alpha value is -1.53. The van der Waals surface area contributed by atoms with Gasteiger partial charge >= 0.3 is 0 Å². The Bertz CT molecular complexity index is 340. The first-order valence-electron chi connectivity index (χ1n) is 5.33. The molecular formula is C11H17N3O3. The van der Waals surface area contributed by atoms with Crippen molar-refractivity contribution in [3.8, 4) is 0 Å². The van der Waals surface area contributed by atoms with Gasteiger partial charge in [-0.3, -0.25) is 14.8 Å². The lowest BCUT2D eigenvalue weighted by Gasteiger charge is -2.05. The summed E-state index contributed by atoms with van der Waals surface area (Å²) < 4.78 is 9.86. The predicted octanol–water partition coefficient (Wildman–Crippen LogP) is 0.0642. The van der Waals surface area contributed by atoms with Crippen LogP contribution in [0.4, 0.5) is 0 Å². The smallest absolute Gasteiger partial charge is 0.246 e. The quantitative estimate of drug-likeness (QED) is 0.681.